The zero-order chi connectivity index (χ0) is 19.0. The summed E-state index contributed by atoms with van der Waals surface area (Å²) in [7, 11) is -3.00. The molecule has 1 saturated carbocycles. The molecular formula is C18H27N5O3S. The molecule has 1 aromatic heterocycles. The maximum absolute atomic E-state index is 12.0. The van der Waals surface area contributed by atoms with E-state index in [2.05, 4.69) is 20.5 Å². The van der Waals surface area contributed by atoms with Gasteiger partial charge in [-0.25, -0.2) is 18.5 Å². The smallest absolute Gasteiger partial charge is 0.243 e. The number of sulfone groups is 1. The van der Waals surface area contributed by atoms with Crippen LogP contribution in [-0.4, -0.2) is 54.9 Å². The number of amides is 1. The number of hydrogen-bond acceptors (Lipinski definition) is 6. The molecule has 1 atom stereocenters. The lowest BCUT2D eigenvalue weighted by Gasteiger charge is -2.30. The molecule has 2 aliphatic heterocycles. The minimum Gasteiger partial charge on any atom is -0.356 e. The van der Waals surface area contributed by atoms with Crippen molar-refractivity contribution in [2.75, 3.05) is 29.5 Å². The highest BCUT2D eigenvalue weighted by Gasteiger charge is 2.34. The maximum Gasteiger partial charge on any atom is 0.243 e. The van der Waals surface area contributed by atoms with E-state index in [1.165, 1.54) is 6.42 Å². The van der Waals surface area contributed by atoms with Crippen molar-refractivity contribution in [3.8, 4) is 0 Å². The molecule has 1 aromatic rings. The fourth-order valence-electron chi connectivity index (χ4n) is 3.94. The summed E-state index contributed by atoms with van der Waals surface area (Å²) in [5.74, 6) is 1.38. The fraction of sp³-hybridized carbons (Fsp3) is 0.722. The minimum atomic E-state index is -3.00. The first-order chi connectivity index (χ1) is 12.9. The Hall–Kier alpha value is -1.90. The molecule has 1 aliphatic carbocycles. The highest BCUT2D eigenvalue weighted by atomic mass is 32.2. The molecule has 1 N–H and O–H groups in total. The number of nitrogens with one attached hydrogen (secondary N) is 1. The van der Waals surface area contributed by atoms with Crippen LogP contribution in [0.5, 0.6) is 0 Å². The first-order valence-corrected chi connectivity index (χ1v) is 11.6. The summed E-state index contributed by atoms with van der Waals surface area (Å²) in [4.78, 5) is 14.1. The molecule has 4 rings (SSSR count). The highest BCUT2D eigenvalue weighted by Crippen LogP contribution is 2.33. The number of aromatic nitrogens is 2. The lowest BCUT2D eigenvalue weighted by molar-refractivity contribution is -0.122. The lowest BCUT2D eigenvalue weighted by atomic mass is 10.1. The van der Waals surface area contributed by atoms with Gasteiger partial charge in [-0.2, -0.15) is 10.2 Å². The number of anilines is 1. The van der Waals surface area contributed by atoms with E-state index in [9.17, 15) is 13.2 Å². The molecule has 0 radical (unpaired) electrons. The van der Waals surface area contributed by atoms with Gasteiger partial charge in [0.25, 0.3) is 0 Å². The molecule has 0 bridgehead atoms. The molecule has 3 heterocycles. The Morgan fingerprint density at radius 1 is 1.22 bits per heavy atom. The van der Waals surface area contributed by atoms with E-state index in [1.54, 1.807) is 6.21 Å². The standard InChI is InChI=1S/C18H27N5O3S/c1-13-16(11-19-20-17(24)14-5-6-14)18(22-8-3-2-4-9-22)23(21-13)15-7-10-27(25,26)12-15/h11,14-15H,2-10,12H2,1H3,(H,20,24). The number of piperidine rings is 1. The summed E-state index contributed by atoms with van der Waals surface area (Å²) in [5, 5.41) is 8.85. The van der Waals surface area contributed by atoms with Crippen molar-refractivity contribution in [1.82, 2.24) is 15.2 Å². The number of hydrogen-bond donors (Lipinski definition) is 1. The Labute approximate surface area is 159 Å². The van der Waals surface area contributed by atoms with Gasteiger partial charge in [0.15, 0.2) is 9.84 Å². The van der Waals surface area contributed by atoms with Gasteiger partial charge in [-0.15, -0.1) is 0 Å². The van der Waals surface area contributed by atoms with Gasteiger partial charge in [0.1, 0.15) is 5.82 Å². The van der Waals surface area contributed by atoms with Crippen molar-refractivity contribution in [2.45, 2.75) is 51.5 Å². The van der Waals surface area contributed by atoms with Crippen molar-refractivity contribution in [1.29, 1.82) is 0 Å². The number of carbonyl (C=O) groups excluding carboxylic acids is 1. The SMILES string of the molecule is Cc1nn(C2CCS(=O)(=O)C2)c(N2CCCCC2)c1C=NNC(=O)C1CC1. The number of nitrogens with zero attached hydrogens (tertiary/aromatic N) is 4. The maximum atomic E-state index is 12.0. The molecule has 2 saturated heterocycles. The van der Waals surface area contributed by atoms with Crippen molar-refractivity contribution in [3.63, 3.8) is 0 Å². The van der Waals surface area contributed by atoms with Gasteiger partial charge in [-0.3, -0.25) is 4.79 Å². The van der Waals surface area contributed by atoms with Crippen LogP contribution in [0.2, 0.25) is 0 Å². The quantitative estimate of drug-likeness (QED) is 0.602. The van der Waals surface area contributed by atoms with Gasteiger partial charge < -0.3 is 4.90 Å². The monoisotopic (exact) mass is 393 g/mol. The van der Waals surface area contributed by atoms with Gasteiger partial charge in [0, 0.05) is 19.0 Å². The Morgan fingerprint density at radius 2 is 1.96 bits per heavy atom. The third-order valence-electron chi connectivity index (χ3n) is 5.63. The minimum absolute atomic E-state index is 0.0299. The summed E-state index contributed by atoms with van der Waals surface area (Å²) >= 11 is 0. The Bertz CT molecular complexity index is 851. The normalized spacial score (nSPS) is 25.2. The van der Waals surface area contributed by atoms with Gasteiger partial charge in [-0.05, 0) is 45.4 Å². The van der Waals surface area contributed by atoms with Crippen molar-refractivity contribution in [3.05, 3.63) is 11.3 Å². The Kier molecular flexibility index (Phi) is 4.96. The second kappa shape index (κ2) is 7.26. The van der Waals surface area contributed by atoms with E-state index in [-0.39, 0.29) is 29.4 Å². The first-order valence-electron chi connectivity index (χ1n) is 9.82. The van der Waals surface area contributed by atoms with E-state index in [1.807, 2.05) is 11.6 Å². The molecule has 8 nitrogen and oxygen atoms in total. The van der Waals surface area contributed by atoms with Crippen LogP contribution in [0, 0.1) is 12.8 Å². The number of hydrazone groups is 1. The zero-order valence-electron chi connectivity index (χ0n) is 15.7. The molecule has 1 amide bonds. The highest BCUT2D eigenvalue weighted by molar-refractivity contribution is 7.91. The predicted molar refractivity (Wildman–Crippen MR) is 104 cm³/mol. The van der Waals surface area contributed by atoms with Crippen LogP contribution in [0.15, 0.2) is 5.10 Å². The molecule has 0 aromatic carbocycles. The Morgan fingerprint density at radius 3 is 2.59 bits per heavy atom. The average Bonchev–Trinajstić information content (AvgIpc) is 3.36. The summed E-state index contributed by atoms with van der Waals surface area (Å²) < 4.78 is 25.9. The summed E-state index contributed by atoms with van der Waals surface area (Å²) in [6.07, 6.45) is 7.58. The molecule has 1 unspecified atom stereocenters. The van der Waals surface area contributed by atoms with Gasteiger partial charge in [0.2, 0.25) is 5.91 Å². The van der Waals surface area contributed by atoms with E-state index < -0.39 is 9.84 Å². The average molecular weight is 394 g/mol. The lowest BCUT2D eigenvalue weighted by Crippen LogP contribution is -2.33. The predicted octanol–water partition coefficient (Wildman–Crippen LogP) is 1.40. The third-order valence-corrected chi connectivity index (χ3v) is 7.38. The van der Waals surface area contributed by atoms with Crippen LogP contribution < -0.4 is 10.3 Å². The zero-order valence-corrected chi connectivity index (χ0v) is 16.5. The second-order valence-electron chi connectivity index (χ2n) is 7.88. The molecule has 3 fully saturated rings. The topological polar surface area (TPSA) is 96.7 Å². The van der Waals surface area contributed by atoms with Gasteiger partial charge >= 0.3 is 0 Å². The van der Waals surface area contributed by atoms with E-state index in [0.29, 0.717) is 6.42 Å². The fourth-order valence-corrected chi connectivity index (χ4v) is 5.63. The number of aryl methyl sites for hydroxylation is 1. The van der Waals surface area contributed by atoms with Crippen LogP contribution in [0.1, 0.15) is 55.8 Å². The largest absolute Gasteiger partial charge is 0.356 e. The van der Waals surface area contributed by atoms with Crippen LogP contribution in [0.25, 0.3) is 0 Å². The number of rotatable bonds is 5. The van der Waals surface area contributed by atoms with E-state index in [0.717, 1.165) is 55.8 Å². The molecule has 3 aliphatic rings. The van der Waals surface area contributed by atoms with E-state index in [4.69, 9.17) is 0 Å². The van der Waals surface area contributed by atoms with Gasteiger partial charge in [-0.1, -0.05) is 0 Å². The van der Waals surface area contributed by atoms with Crippen LogP contribution >= 0.6 is 0 Å². The van der Waals surface area contributed by atoms with Crippen LogP contribution in [0.3, 0.4) is 0 Å². The van der Waals surface area contributed by atoms with E-state index >= 15 is 0 Å². The third kappa shape index (κ3) is 4.02. The van der Waals surface area contributed by atoms with Crippen LogP contribution in [0.4, 0.5) is 5.82 Å². The molecular weight excluding hydrogens is 366 g/mol. The number of carbonyl (C=O) groups is 1. The molecule has 9 heteroatoms. The summed E-state index contributed by atoms with van der Waals surface area (Å²) in [6.45, 7) is 3.78. The summed E-state index contributed by atoms with van der Waals surface area (Å²) in [5.41, 5.74) is 4.30. The first kappa shape index (κ1) is 18.5. The molecule has 0 spiro atoms. The summed E-state index contributed by atoms with van der Waals surface area (Å²) in [6, 6.07) is -0.131. The molecule has 148 valence electrons. The van der Waals surface area contributed by atoms with Crippen molar-refractivity contribution in [2.24, 2.45) is 11.0 Å². The van der Waals surface area contributed by atoms with Gasteiger partial charge in [0.05, 0.1) is 35.0 Å². The van der Waals surface area contributed by atoms with Crippen LogP contribution in [-0.2, 0) is 14.6 Å². The second-order valence-corrected chi connectivity index (χ2v) is 10.1. The van der Waals surface area contributed by atoms with Crippen molar-refractivity contribution >= 4 is 27.8 Å². The molecule has 27 heavy (non-hydrogen) atoms. The van der Waals surface area contributed by atoms with Crippen molar-refractivity contribution < 1.29 is 13.2 Å². The Balaban J connectivity index is 1.64.